The SMILES string of the molecule is CC(C)OC(=O)CCc1n[nH]c(=S)n(N=Cc2cc(Br)cc(Br)c2O)c1=O. The molecule has 1 aromatic carbocycles. The van der Waals surface area contributed by atoms with Gasteiger partial charge in [-0.1, -0.05) is 15.9 Å². The molecule has 0 radical (unpaired) electrons. The van der Waals surface area contributed by atoms with Gasteiger partial charge in [0.15, 0.2) is 0 Å². The normalized spacial score (nSPS) is 11.3. The van der Waals surface area contributed by atoms with Gasteiger partial charge in [0.2, 0.25) is 4.77 Å². The maximum absolute atomic E-state index is 12.5. The Labute approximate surface area is 176 Å². The number of H-pyrrole nitrogens is 1. The minimum absolute atomic E-state index is 0.00805. The van der Waals surface area contributed by atoms with Gasteiger partial charge in [0, 0.05) is 16.5 Å². The lowest BCUT2D eigenvalue weighted by molar-refractivity contribution is -0.147. The quantitative estimate of drug-likeness (QED) is 0.344. The van der Waals surface area contributed by atoms with E-state index in [4.69, 9.17) is 17.0 Å². The fourth-order valence-electron chi connectivity index (χ4n) is 2.04. The Bertz CT molecular complexity index is 1000. The fourth-order valence-corrected chi connectivity index (χ4v) is 3.47. The van der Waals surface area contributed by atoms with E-state index in [1.54, 1.807) is 26.0 Å². The van der Waals surface area contributed by atoms with E-state index in [0.717, 1.165) is 4.68 Å². The first-order valence-corrected chi connectivity index (χ1v) is 9.81. The predicted molar refractivity (Wildman–Crippen MR) is 110 cm³/mol. The van der Waals surface area contributed by atoms with Gasteiger partial charge in [-0.3, -0.25) is 14.7 Å². The molecule has 0 aliphatic heterocycles. The molecule has 0 bridgehead atoms. The molecule has 2 aromatic rings. The second-order valence-corrected chi connectivity index (χ2v) is 7.86. The smallest absolute Gasteiger partial charge is 0.306 e. The van der Waals surface area contributed by atoms with Gasteiger partial charge in [-0.15, -0.1) is 0 Å². The lowest BCUT2D eigenvalue weighted by Crippen LogP contribution is -2.25. The third kappa shape index (κ3) is 5.81. The highest BCUT2D eigenvalue weighted by Gasteiger charge is 2.12. The number of hydrogen-bond donors (Lipinski definition) is 2. The number of phenolic OH excluding ortho intramolecular Hbond substituents is 1. The van der Waals surface area contributed by atoms with E-state index in [1.807, 2.05) is 0 Å². The highest BCUT2D eigenvalue weighted by Crippen LogP contribution is 2.30. The maximum atomic E-state index is 12.5. The number of nitrogens with one attached hydrogen (secondary N) is 1. The number of ether oxygens (including phenoxy) is 1. The van der Waals surface area contributed by atoms with Crippen molar-refractivity contribution in [2.24, 2.45) is 5.10 Å². The molecule has 0 unspecified atom stereocenters. The van der Waals surface area contributed by atoms with Gasteiger partial charge in [0.1, 0.15) is 11.4 Å². The van der Waals surface area contributed by atoms with Crippen LogP contribution < -0.4 is 5.56 Å². The van der Waals surface area contributed by atoms with E-state index < -0.39 is 11.5 Å². The van der Waals surface area contributed by atoms with Gasteiger partial charge in [0.25, 0.3) is 5.56 Å². The molecule has 0 fully saturated rings. The summed E-state index contributed by atoms with van der Waals surface area (Å²) in [6.45, 7) is 3.49. The largest absolute Gasteiger partial charge is 0.506 e. The van der Waals surface area contributed by atoms with Gasteiger partial charge in [-0.05, 0) is 54.1 Å². The van der Waals surface area contributed by atoms with Crippen LogP contribution in [0.5, 0.6) is 5.75 Å². The minimum atomic E-state index is -0.555. The Hall–Kier alpha value is -1.85. The van der Waals surface area contributed by atoms with Crippen LogP contribution in [-0.2, 0) is 16.0 Å². The van der Waals surface area contributed by atoms with Gasteiger partial charge in [-0.2, -0.15) is 14.9 Å². The van der Waals surface area contributed by atoms with Crippen molar-refractivity contribution in [1.29, 1.82) is 0 Å². The Balaban J connectivity index is 2.29. The number of esters is 1. The number of hydrogen-bond acceptors (Lipinski definition) is 7. The molecule has 1 aromatic heterocycles. The standard InChI is InChI=1S/C16H16Br2N4O4S/c1-8(2)26-13(23)4-3-12-15(25)22(16(27)21-20-12)19-7-9-5-10(17)6-11(18)14(9)24/h5-8,24H,3-4H2,1-2H3,(H,21,27). The molecule has 0 atom stereocenters. The van der Waals surface area contributed by atoms with Crippen LogP contribution in [0.15, 0.2) is 31.0 Å². The zero-order valence-corrected chi connectivity index (χ0v) is 18.4. The summed E-state index contributed by atoms with van der Waals surface area (Å²) >= 11 is 11.6. The number of phenols is 1. The first-order valence-electron chi connectivity index (χ1n) is 7.81. The molecule has 144 valence electrons. The Morgan fingerprint density at radius 2 is 2.19 bits per heavy atom. The number of aromatic amines is 1. The molecule has 2 rings (SSSR count). The summed E-state index contributed by atoms with van der Waals surface area (Å²) in [6, 6.07) is 3.30. The molecule has 0 saturated carbocycles. The average Bonchev–Trinajstić information content (AvgIpc) is 2.57. The fraction of sp³-hybridized carbons (Fsp3) is 0.312. The summed E-state index contributed by atoms with van der Waals surface area (Å²) in [5.74, 6) is -0.455. The molecule has 2 N–H and O–H groups in total. The van der Waals surface area contributed by atoms with Crippen LogP contribution in [0.2, 0.25) is 0 Å². The zero-order chi connectivity index (χ0) is 20.1. The molecule has 27 heavy (non-hydrogen) atoms. The van der Waals surface area contributed by atoms with Gasteiger partial charge in [-0.25, -0.2) is 0 Å². The lowest BCUT2D eigenvalue weighted by Gasteiger charge is -2.07. The number of nitrogens with zero attached hydrogens (tertiary/aromatic N) is 3. The number of halogens is 2. The van der Waals surface area contributed by atoms with Gasteiger partial charge < -0.3 is 9.84 Å². The van der Waals surface area contributed by atoms with Crippen molar-refractivity contribution >= 4 is 56.3 Å². The average molecular weight is 520 g/mol. The van der Waals surface area contributed by atoms with E-state index in [0.29, 0.717) is 14.5 Å². The van der Waals surface area contributed by atoms with E-state index in [9.17, 15) is 14.7 Å². The van der Waals surface area contributed by atoms with E-state index >= 15 is 0 Å². The van der Waals surface area contributed by atoms with Crippen molar-refractivity contribution < 1.29 is 14.6 Å². The van der Waals surface area contributed by atoms with Crippen LogP contribution in [0, 0.1) is 4.77 Å². The highest BCUT2D eigenvalue weighted by molar-refractivity contribution is 9.11. The monoisotopic (exact) mass is 518 g/mol. The van der Waals surface area contributed by atoms with Crippen molar-refractivity contribution in [3.63, 3.8) is 0 Å². The van der Waals surface area contributed by atoms with Gasteiger partial charge in [0.05, 0.1) is 23.2 Å². The van der Waals surface area contributed by atoms with E-state index in [-0.39, 0.29) is 35.2 Å². The Morgan fingerprint density at radius 3 is 2.85 bits per heavy atom. The van der Waals surface area contributed by atoms with Crippen LogP contribution >= 0.6 is 44.1 Å². The Morgan fingerprint density at radius 1 is 1.48 bits per heavy atom. The lowest BCUT2D eigenvalue weighted by atomic mass is 10.2. The van der Waals surface area contributed by atoms with Crippen LogP contribution in [0.4, 0.5) is 0 Å². The molecular weight excluding hydrogens is 504 g/mol. The summed E-state index contributed by atoms with van der Waals surface area (Å²) in [6.07, 6.45) is 1.16. The first kappa shape index (κ1) is 21.5. The highest BCUT2D eigenvalue weighted by atomic mass is 79.9. The first-order chi connectivity index (χ1) is 12.7. The number of aryl methyl sites for hydroxylation is 1. The number of aromatic nitrogens is 3. The number of carbonyl (C=O) groups excluding carboxylic acids is 1. The molecule has 11 heteroatoms. The van der Waals surface area contributed by atoms with E-state index in [2.05, 4.69) is 47.2 Å². The topological polar surface area (TPSA) is 110 Å². The summed E-state index contributed by atoms with van der Waals surface area (Å²) in [5.41, 5.74) is -0.0848. The molecule has 0 aliphatic rings. The molecule has 1 heterocycles. The number of aromatic hydroxyl groups is 1. The molecule has 0 amide bonds. The van der Waals surface area contributed by atoms with Crippen molar-refractivity contribution in [3.05, 3.63) is 47.5 Å². The van der Waals surface area contributed by atoms with Gasteiger partial charge >= 0.3 is 5.97 Å². The third-order valence-electron chi connectivity index (χ3n) is 3.22. The number of carbonyl (C=O) groups is 1. The molecule has 8 nitrogen and oxygen atoms in total. The minimum Gasteiger partial charge on any atom is -0.506 e. The summed E-state index contributed by atoms with van der Waals surface area (Å²) < 4.78 is 7.14. The molecular formula is C16H16Br2N4O4S. The van der Waals surface area contributed by atoms with Crippen LogP contribution in [0.3, 0.4) is 0 Å². The van der Waals surface area contributed by atoms with Crippen LogP contribution in [-0.4, -0.2) is 38.3 Å². The zero-order valence-electron chi connectivity index (χ0n) is 14.4. The van der Waals surface area contributed by atoms with Crippen LogP contribution in [0.1, 0.15) is 31.5 Å². The predicted octanol–water partition coefficient (Wildman–Crippen LogP) is 3.30. The van der Waals surface area contributed by atoms with Crippen molar-refractivity contribution in [3.8, 4) is 5.75 Å². The van der Waals surface area contributed by atoms with Crippen molar-refractivity contribution in [2.75, 3.05) is 0 Å². The molecule has 0 saturated heterocycles. The third-order valence-corrected chi connectivity index (χ3v) is 4.55. The second kappa shape index (κ2) is 9.38. The summed E-state index contributed by atoms with van der Waals surface area (Å²) in [4.78, 5) is 24.2. The summed E-state index contributed by atoms with van der Waals surface area (Å²) in [5, 5.41) is 20.5. The maximum Gasteiger partial charge on any atom is 0.306 e. The summed E-state index contributed by atoms with van der Waals surface area (Å²) in [7, 11) is 0. The van der Waals surface area contributed by atoms with Crippen molar-refractivity contribution in [2.45, 2.75) is 32.8 Å². The number of rotatable bonds is 6. The second-order valence-electron chi connectivity index (χ2n) is 5.70. The molecule has 0 spiro atoms. The van der Waals surface area contributed by atoms with Crippen LogP contribution in [0.25, 0.3) is 0 Å². The van der Waals surface area contributed by atoms with Crippen molar-refractivity contribution in [1.82, 2.24) is 14.9 Å². The molecule has 0 aliphatic carbocycles. The van der Waals surface area contributed by atoms with E-state index in [1.165, 1.54) is 6.21 Å². The number of benzene rings is 1. The Kier molecular flexibility index (Phi) is 7.45.